The highest BCUT2D eigenvalue weighted by Gasteiger charge is 2.14. The van der Waals surface area contributed by atoms with Crippen molar-refractivity contribution < 1.29 is 4.42 Å². The van der Waals surface area contributed by atoms with E-state index in [0.717, 1.165) is 5.56 Å². The van der Waals surface area contributed by atoms with Crippen LogP contribution in [0.3, 0.4) is 0 Å². The van der Waals surface area contributed by atoms with Crippen LogP contribution in [-0.2, 0) is 0 Å². The first kappa shape index (κ1) is 9.49. The molecule has 14 heavy (non-hydrogen) atoms. The molecule has 74 valence electrons. The molecule has 0 aromatic carbocycles. The lowest BCUT2D eigenvalue weighted by atomic mass is 10.0. The van der Waals surface area contributed by atoms with E-state index in [9.17, 15) is 0 Å². The van der Waals surface area contributed by atoms with Crippen molar-refractivity contribution in [1.82, 2.24) is 0 Å². The van der Waals surface area contributed by atoms with Crippen LogP contribution < -0.4 is 5.73 Å². The number of hydrogen-bond donors (Lipinski definition) is 1. The van der Waals surface area contributed by atoms with Crippen molar-refractivity contribution in [3.8, 4) is 0 Å². The van der Waals surface area contributed by atoms with E-state index in [1.807, 2.05) is 6.07 Å². The van der Waals surface area contributed by atoms with Gasteiger partial charge in [-0.3, -0.25) is 0 Å². The van der Waals surface area contributed by atoms with E-state index >= 15 is 0 Å². The SMILES string of the molecule is Cc1cc(C(N)c2ccoc2)c(C)s1. The standard InChI is InChI=1S/C11H13NOS/c1-7-5-10(8(2)14-7)11(12)9-3-4-13-6-9/h3-6,11H,12H2,1-2H3. The summed E-state index contributed by atoms with van der Waals surface area (Å²) in [5.41, 5.74) is 8.36. The third kappa shape index (κ3) is 1.61. The van der Waals surface area contributed by atoms with Crippen molar-refractivity contribution in [2.75, 3.05) is 0 Å². The molecule has 0 aliphatic carbocycles. The molecular weight excluding hydrogens is 194 g/mol. The van der Waals surface area contributed by atoms with Gasteiger partial charge in [-0.1, -0.05) is 0 Å². The topological polar surface area (TPSA) is 39.2 Å². The Balaban J connectivity index is 2.36. The van der Waals surface area contributed by atoms with Crippen molar-refractivity contribution >= 4 is 11.3 Å². The number of hydrogen-bond acceptors (Lipinski definition) is 3. The molecule has 1 atom stereocenters. The van der Waals surface area contributed by atoms with Gasteiger partial charge in [0.2, 0.25) is 0 Å². The first-order valence-corrected chi connectivity index (χ1v) is 5.34. The molecule has 0 aliphatic heterocycles. The number of nitrogens with two attached hydrogens (primary N) is 1. The van der Waals surface area contributed by atoms with Gasteiger partial charge < -0.3 is 10.2 Å². The summed E-state index contributed by atoms with van der Waals surface area (Å²) in [6.07, 6.45) is 3.36. The molecule has 3 heteroatoms. The van der Waals surface area contributed by atoms with E-state index in [1.165, 1.54) is 15.3 Å². The normalized spacial score (nSPS) is 13.1. The lowest BCUT2D eigenvalue weighted by Gasteiger charge is -2.08. The van der Waals surface area contributed by atoms with Crippen LogP contribution in [0.15, 0.2) is 29.1 Å². The van der Waals surface area contributed by atoms with Gasteiger partial charge in [-0.05, 0) is 31.5 Å². The third-order valence-corrected chi connectivity index (χ3v) is 3.30. The molecular formula is C11H13NOS. The van der Waals surface area contributed by atoms with Crippen molar-refractivity contribution in [2.45, 2.75) is 19.9 Å². The Morgan fingerprint density at radius 1 is 1.43 bits per heavy atom. The summed E-state index contributed by atoms with van der Waals surface area (Å²) in [6.45, 7) is 4.20. The summed E-state index contributed by atoms with van der Waals surface area (Å²) in [7, 11) is 0. The van der Waals surface area contributed by atoms with Gasteiger partial charge in [0, 0.05) is 15.3 Å². The Hall–Kier alpha value is -1.06. The van der Waals surface area contributed by atoms with Gasteiger partial charge in [0.15, 0.2) is 0 Å². The zero-order valence-corrected chi connectivity index (χ0v) is 9.10. The Morgan fingerprint density at radius 3 is 2.71 bits per heavy atom. The Bertz CT molecular complexity index is 416. The third-order valence-electron chi connectivity index (χ3n) is 2.32. The van der Waals surface area contributed by atoms with E-state index in [4.69, 9.17) is 10.2 Å². The lowest BCUT2D eigenvalue weighted by Crippen LogP contribution is -2.10. The minimum absolute atomic E-state index is 0.0568. The van der Waals surface area contributed by atoms with Crippen molar-refractivity contribution in [3.05, 3.63) is 45.5 Å². The fourth-order valence-corrected chi connectivity index (χ4v) is 2.56. The van der Waals surface area contributed by atoms with Crippen LogP contribution in [0.4, 0.5) is 0 Å². The monoisotopic (exact) mass is 207 g/mol. The second kappa shape index (κ2) is 3.59. The van der Waals surface area contributed by atoms with Gasteiger partial charge in [-0.15, -0.1) is 11.3 Å². The maximum absolute atomic E-state index is 6.12. The average molecular weight is 207 g/mol. The van der Waals surface area contributed by atoms with E-state index in [-0.39, 0.29) is 6.04 Å². The van der Waals surface area contributed by atoms with Gasteiger partial charge in [-0.25, -0.2) is 0 Å². The van der Waals surface area contributed by atoms with Crippen LogP contribution in [-0.4, -0.2) is 0 Å². The summed E-state index contributed by atoms with van der Waals surface area (Å²) < 4.78 is 5.03. The molecule has 2 rings (SSSR count). The van der Waals surface area contributed by atoms with Gasteiger partial charge >= 0.3 is 0 Å². The highest BCUT2D eigenvalue weighted by Crippen LogP contribution is 2.28. The van der Waals surface area contributed by atoms with E-state index in [1.54, 1.807) is 23.9 Å². The predicted octanol–water partition coefficient (Wildman–Crippen LogP) is 3.01. The zero-order chi connectivity index (χ0) is 10.1. The summed E-state index contributed by atoms with van der Waals surface area (Å²) >= 11 is 1.78. The largest absolute Gasteiger partial charge is 0.472 e. The lowest BCUT2D eigenvalue weighted by molar-refractivity contribution is 0.562. The number of furan rings is 1. The van der Waals surface area contributed by atoms with Crippen LogP contribution >= 0.6 is 11.3 Å². The van der Waals surface area contributed by atoms with E-state index in [0.29, 0.717) is 0 Å². The first-order valence-electron chi connectivity index (χ1n) is 4.53. The zero-order valence-electron chi connectivity index (χ0n) is 8.28. The van der Waals surface area contributed by atoms with Crippen molar-refractivity contribution in [2.24, 2.45) is 5.73 Å². The van der Waals surface area contributed by atoms with Crippen LogP contribution in [0.25, 0.3) is 0 Å². The molecule has 0 spiro atoms. The highest BCUT2D eigenvalue weighted by atomic mass is 32.1. The molecule has 2 aromatic heterocycles. The smallest absolute Gasteiger partial charge is 0.0953 e. The first-order chi connectivity index (χ1) is 6.68. The van der Waals surface area contributed by atoms with Crippen molar-refractivity contribution in [3.63, 3.8) is 0 Å². The molecule has 0 saturated carbocycles. The molecule has 0 saturated heterocycles. The van der Waals surface area contributed by atoms with Crippen LogP contribution in [0.5, 0.6) is 0 Å². The number of thiophene rings is 1. The van der Waals surface area contributed by atoms with Crippen LogP contribution in [0.2, 0.25) is 0 Å². The van der Waals surface area contributed by atoms with Crippen molar-refractivity contribution in [1.29, 1.82) is 0 Å². The maximum Gasteiger partial charge on any atom is 0.0953 e. The fourth-order valence-electron chi connectivity index (χ4n) is 1.59. The van der Waals surface area contributed by atoms with Gasteiger partial charge in [0.25, 0.3) is 0 Å². The molecule has 1 unspecified atom stereocenters. The van der Waals surface area contributed by atoms with E-state index < -0.39 is 0 Å². The Morgan fingerprint density at radius 2 is 2.21 bits per heavy atom. The quantitative estimate of drug-likeness (QED) is 0.822. The second-order valence-corrected chi connectivity index (χ2v) is 4.86. The maximum atomic E-state index is 6.12. The van der Waals surface area contributed by atoms with Crippen LogP contribution in [0.1, 0.15) is 26.9 Å². The molecule has 0 aliphatic rings. The molecule has 2 N–H and O–H groups in total. The Labute approximate surface area is 87.4 Å². The van der Waals surface area contributed by atoms with Gasteiger partial charge in [-0.2, -0.15) is 0 Å². The van der Waals surface area contributed by atoms with Gasteiger partial charge in [0.1, 0.15) is 0 Å². The molecule has 0 radical (unpaired) electrons. The minimum atomic E-state index is -0.0568. The van der Waals surface area contributed by atoms with E-state index in [2.05, 4.69) is 19.9 Å². The number of aryl methyl sites for hydroxylation is 2. The predicted molar refractivity (Wildman–Crippen MR) is 58.5 cm³/mol. The second-order valence-electron chi connectivity index (χ2n) is 3.40. The summed E-state index contributed by atoms with van der Waals surface area (Å²) in [5, 5.41) is 0. The molecule has 0 amide bonds. The Kier molecular flexibility index (Phi) is 2.44. The van der Waals surface area contributed by atoms with Gasteiger partial charge in [0.05, 0.1) is 18.6 Å². The molecule has 2 nitrogen and oxygen atoms in total. The summed E-state index contributed by atoms with van der Waals surface area (Å²) in [5.74, 6) is 0. The highest BCUT2D eigenvalue weighted by molar-refractivity contribution is 7.12. The molecule has 2 aromatic rings. The number of rotatable bonds is 2. The van der Waals surface area contributed by atoms with Crippen LogP contribution in [0, 0.1) is 13.8 Å². The average Bonchev–Trinajstić information content (AvgIpc) is 2.73. The fraction of sp³-hybridized carbons (Fsp3) is 0.273. The summed E-state index contributed by atoms with van der Waals surface area (Å²) in [4.78, 5) is 2.59. The summed E-state index contributed by atoms with van der Waals surface area (Å²) in [6, 6.07) is 4.01. The minimum Gasteiger partial charge on any atom is -0.472 e. The molecule has 0 fully saturated rings. The molecule has 2 heterocycles. The molecule has 0 bridgehead atoms.